The molecule has 0 aromatic heterocycles. The number of thioether (sulfide) groups is 1. The zero-order valence-corrected chi connectivity index (χ0v) is 16.2. The van der Waals surface area contributed by atoms with Crippen LogP contribution in [0.15, 0.2) is 0 Å². The number of amides is 4. The van der Waals surface area contributed by atoms with Crippen LogP contribution in [0.5, 0.6) is 0 Å². The summed E-state index contributed by atoms with van der Waals surface area (Å²) in [6, 6.07) is 0. The van der Waals surface area contributed by atoms with Gasteiger partial charge >= 0.3 is 0 Å². The maximum Gasteiger partial charge on any atom is 0.233 e. The Balaban J connectivity index is 1.25. The normalized spacial score (nSPS) is 26.3. The van der Waals surface area contributed by atoms with Crippen molar-refractivity contribution < 1.29 is 19.2 Å². The molecule has 2 atom stereocenters. The summed E-state index contributed by atoms with van der Waals surface area (Å²) in [5, 5.41) is 5.60. The smallest absolute Gasteiger partial charge is 0.233 e. The van der Waals surface area contributed by atoms with E-state index in [1.54, 1.807) is 0 Å². The monoisotopic (exact) mass is 381 g/mol. The summed E-state index contributed by atoms with van der Waals surface area (Å²) in [6.45, 7) is 5.10. The highest BCUT2D eigenvalue weighted by Gasteiger charge is 2.72. The lowest BCUT2D eigenvalue weighted by molar-refractivity contribution is -0.143. The molecule has 4 amide bonds. The fourth-order valence-corrected chi connectivity index (χ4v) is 4.50. The Morgan fingerprint density at radius 2 is 1.65 bits per heavy atom. The predicted octanol–water partition coefficient (Wildman–Crippen LogP) is 0.393. The van der Waals surface area contributed by atoms with Crippen molar-refractivity contribution in [1.82, 2.24) is 15.5 Å². The lowest BCUT2D eigenvalue weighted by Crippen LogP contribution is -2.42. The van der Waals surface area contributed by atoms with E-state index in [1.807, 2.05) is 13.8 Å². The molecule has 144 valence electrons. The molecule has 0 aromatic carbocycles. The highest BCUT2D eigenvalue weighted by molar-refractivity contribution is 8.00. The number of nitrogens with zero attached hydrogens (tertiary/aromatic N) is 1. The number of nitrogens with one attached hydrogen (secondary N) is 2. The number of imide groups is 1. The van der Waals surface area contributed by atoms with Gasteiger partial charge in [0.1, 0.15) is 0 Å². The van der Waals surface area contributed by atoms with Gasteiger partial charge in [-0.2, -0.15) is 0 Å². The first kappa shape index (κ1) is 19.2. The summed E-state index contributed by atoms with van der Waals surface area (Å²) in [6.07, 6.45) is 3.64. The van der Waals surface area contributed by atoms with Crippen LogP contribution < -0.4 is 10.6 Å². The van der Waals surface area contributed by atoms with Crippen LogP contribution in [0.1, 0.15) is 33.1 Å². The number of hydrogen-bond donors (Lipinski definition) is 2. The van der Waals surface area contributed by atoms with Crippen molar-refractivity contribution in [1.29, 1.82) is 0 Å². The van der Waals surface area contributed by atoms with Gasteiger partial charge in [0.05, 0.1) is 23.3 Å². The molecule has 0 unspecified atom stereocenters. The van der Waals surface area contributed by atoms with Crippen molar-refractivity contribution in [2.75, 3.05) is 31.1 Å². The maximum atomic E-state index is 12.2. The van der Waals surface area contributed by atoms with Crippen molar-refractivity contribution in [3.05, 3.63) is 0 Å². The third-order valence-corrected chi connectivity index (χ3v) is 6.76. The molecule has 1 aliphatic heterocycles. The zero-order valence-electron chi connectivity index (χ0n) is 15.4. The van der Waals surface area contributed by atoms with E-state index in [0.717, 1.165) is 6.54 Å². The Labute approximate surface area is 158 Å². The SMILES string of the molecule is CC1(C)[C@@H]2C(=O)N(CCNC(=O)CSCC(=O)NCC3CCC3)C(=O)[C@@H]21. The summed E-state index contributed by atoms with van der Waals surface area (Å²) in [5.74, 6) is 0.266. The second kappa shape index (κ2) is 7.58. The van der Waals surface area contributed by atoms with Crippen LogP contribution in [0.4, 0.5) is 0 Å². The van der Waals surface area contributed by atoms with Gasteiger partial charge in [-0.25, -0.2) is 0 Å². The molecule has 0 bridgehead atoms. The Morgan fingerprint density at radius 1 is 1.08 bits per heavy atom. The van der Waals surface area contributed by atoms with E-state index in [4.69, 9.17) is 0 Å². The van der Waals surface area contributed by atoms with Crippen molar-refractivity contribution in [2.24, 2.45) is 23.2 Å². The number of fused-ring (bicyclic) bond motifs is 1. The van der Waals surface area contributed by atoms with Gasteiger partial charge < -0.3 is 10.6 Å². The molecule has 1 heterocycles. The standard InChI is InChI=1S/C18H27N3O4S/c1-18(2)14-15(18)17(25)21(16(14)24)7-6-19-12(22)9-26-10-13(23)20-8-11-4-3-5-11/h11,14-15H,3-10H2,1-2H3,(H,19,22)(H,20,23)/t14-,15+. The third-order valence-electron chi connectivity index (χ3n) is 5.83. The number of carbonyl (C=O) groups excluding carboxylic acids is 4. The van der Waals surface area contributed by atoms with E-state index in [9.17, 15) is 19.2 Å². The molecule has 3 rings (SSSR count). The van der Waals surface area contributed by atoms with Gasteiger partial charge in [-0.3, -0.25) is 24.1 Å². The van der Waals surface area contributed by atoms with Crippen LogP contribution in [0.25, 0.3) is 0 Å². The van der Waals surface area contributed by atoms with Crippen molar-refractivity contribution in [3.63, 3.8) is 0 Å². The second-order valence-electron chi connectivity index (χ2n) is 8.05. The number of carbonyl (C=O) groups is 4. The van der Waals surface area contributed by atoms with Crippen LogP contribution in [-0.2, 0) is 19.2 Å². The maximum absolute atomic E-state index is 12.2. The van der Waals surface area contributed by atoms with E-state index in [0.29, 0.717) is 5.92 Å². The van der Waals surface area contributed by atoms with Gasteiger partial charge in [-0.05, 0) is 24.2 Å². The number of piperidine rings is 1. The van der Waals surface area contributed by atoms with E-state index in [2.05, 4.69) is 10.6 Å². The zero-order chi connectivity index (χ0) is 18.9. The minimum Gasteiger partial charge on any atom is -0.355 e. The first-order chi connectivity index (χ1) is 12.3. The molecular weight excluding hydrogens is 354 g/mol. The Hall–Kier alpha value is -1.57. The fraction of sp³-hybridized carbons (Fsp3) is 0.778. The first-order valence-corrected chi connectivity index (χ1v) is 10.4. The minimum absolute atomic E-state index is 0.0372. The largest absolute Gasteiger partial charge is 0.355 e. The molecule has 3 fully saturated rings. The van der Waals surface area contributed by atoms with Gasteiger partial charge in [-0.1, -0.05) is 20.3 Å². The molecule has 2 aliphatic carbocycles. The average Bonchev–Trinajstić information content (AvgIpc) is 3.00. The molecular formula is C18H27N3O4S. The molecule has 7 nitrogen and oxygen atoms in total. The summed E-state index contributed by atoms with van der Waals surface area (Å²) < 4.78 is 0. The highest BCUT2D eigenvalue weighted by Crippen LogP contribution is 2.63. The van der Waals surface area contributed by atoms with Crippen LogP contribution in [-0.4, -0.2) is 59.7 Å². The summed E-state index contributed by atoms with van der Waals surface area (Å²) in [7, 11) is 0. The van der Waals surface area contributed by atoms with E-state index in [1.165, 1.54) is 35.9 Å². The van der Waals surface area contributed by atoms with Crippen molar-refractivity contribution in [3.8, 4) is 0 Å². The topological polar surface area (TPSA) is 95.6 Å². The molecule has 3 aliphatic rings. The van der Waals surface area contributed by atoms with Crippen LogP contribution in [0, 0.1) is 23.2 Å². The van der Waals surface area contributed by atoms with E-state index in [-0.39, 0.29) is 65.5 Å². The molecule has 2 saturated carbocycles. The second-order valence-corrected chi connectivity index (χ2v) is 9.03. The molecule has 1 saturated heterocycles. The number of likely N-dealkylation sites (tertiary alicyclic amines) is 1. The molecule has 2 N–H and O–H groups in total. The third kappa shape index (κ3) is 3.89. The molecule has 26 heavy (non-hydrogen) atoms. The molecule has 0 spiro atoms. The fourth-order valence-electron chi connectivity index (χ4n) is 3.83. The Kier molecular flexibility index (Phi) is 5.60. The number of hydrogen-bond acceptors (Lipinski definition) is 5. The van der Waals surface area contributed by atoms with Gasteiger partial charge in [0.25, 0.3) is 0 Å². The van der Waals surface area contributed by atoms with Gasteiger partial charge in [0.2, 0.25) is 23.6 Å². The number of rotatable bonds is 9. The highest BCUT2D eigenvalue weighted by atomic mass is 32.2. The molecule has 0 aromatic rings. The predicted molar refractivity (Wildman–Crippen MR) is 98.2 cm³/mol. The van der Waals surface area contributed by atoms with Gasteiger partial charge in [0.15, 0.2) is 0 Å². The first-order valence-electron chi connectivity index (χ1n) is 9.28. The summed E-state index contributed by atoms with van der Waals surface area (Å²) in [4.78, 5) is 49.1. The van der Waals surface area contributed by atoms with Crippen molar-refractivity contribution >= 4 is 35.4 Å². The Morgan fingerprint density at radius 3 is 2.19 bits per heavy atom. The lowest BCUT2D eigenvalue weighted by Gasteiger charge is -2.25. The quantitative estimate of drug-likeness (QED) is 0.564. The molecule has 0 radical (unpaired) electrons. The van der Waals surface area contributed by atoms with Crippen molar-refractivity contribution in [2.45, 2.75) is 33.1 Å². The lowest BCUT2D eigenvalue weighted by atomic mass is 9.85. The Bertz CT molecular complexity index is 594. The molecule has 8 heteroatoms. The summed E-state index contributed by atoms with van der Waals surface area (Å²) >= 11 is 1.27. The minimum atomic E-state index is -0.205. The van der Waals surface area contributed by atoms with Gasteiger partial charge in [0, 0.05) is 19.6 Å². The van der Waals surface area contributed by atoms with Crippen LogP contribution >= 0.6 is 11.8 Å². The summed E-state index contributed by atoms with van der Waals surface area (Å²) in [5.41, 5.74) is -0.205. The van der Waals surface area contributed by atoms with Crippen LogP contribution in [0.3, 0.4) is 0 Å². The van der Waals surface area contributed by atoms with E-state index < -0.39 is 0 Å². The van der Waals surface area contributed by atoms with E-state index >= 15 is 0 Å². The van der Waals surface area contributed by atoms with Crippen LogP contribution in [0.2, 0.25) is 0 Å². The van der Waals surface area contributed by atoms with Gasteiger partial charge in [-0.15, -0.1) is 11.8 Å². The average molecular weight is 381 g/mol.